The van der Waals surface area contributed by atoms with Crippen LogP contribution in [0.2, 0.25) is 0 Å². The molecule has 0 aromatic heterocycles. The van der Waals surface area contributed by atoms with Crippen molar-refractivity contribution in [3.05, 3.63) is 35.9 Å². The van der Waals surface area contributed by atoms with Gasteiger partial charge in [0.15, 0.2) is 0 Å². The monoisotopic (exact) mass is 191 g/mol. The van der Waals surface area contributed by atoms with E-state index in [1.165, 1.54) is 0 Å². The van der Waals surface area contributed by atoms with Crippen molar-refractivity contribution in [2.45, 2.75) is 19.4 Å². The highest BCUT2D eigenvalue weighted by Crippen LogP contribution is 2.05. The quantitative estimate of drug-likeness (QED) is 0.656. The molecule has 1 aromatic rings. The van der Waals surface area contributed by atoms with E-state index in [9.17, 15) is 9.59 Å². The largest absolute Gasteiger partial charge is 0.285 e. The Bertz CT molecular complexity index is 289. The lowest BCUT2D eigenvalue weighted by Crippen LogP contribution is -2.32. The highest BCUT2D eigenvalue weighted by Gasteiger charge is 2.10. The predicted molar refractivity (Wildman–Crippen MR) is 53.6 cm³/mol. The van der Waals surface area contributed by atoms with Crippen LogP contribution < -0.4 is 0 Å². The number of benzene rings is 1. The molecule has 3 nitrogen and oxygen atoms in total. The van der Waals surface area contributed by atoms with Gasteiger partial charge in [0.1, 0.15) is 0 Å². The first-order valence-electron chi connectivity index (χ1n) is 4.50. The second kappa shape index (κ2) is 5.17. The molecule has 0 spiro atoms. The summed E-state index contributed by atoms with van der Waals surface area (Å²) in [6.45, 7) is 1.84. The Morgan fingerprint density at radius 1 is 1.21 bits per heavy atom. The van der Waals surface area contributed by atoms with Crippen LogP contribution in [0.25, 0.3) is 0 Å². The maximum atomic E-state index is 10.5. The van der Waals surface area contributed by atoms with E-state index >= 15 is 0 Å². The molecule has 0 fully saturated rings. The highest BCUT2D eigenvalue weighted by atomic mass is 16.2. The fraction of sp³-hybridized carbons (Fsp3) is 0.273. The lowest BCUT2D eigenvalue weighted by Gasteiger charge is -2.18. The summed E-state index contributed by atoms with van der Waals surface area (Å²) in [6, 6.07) is 9.68. The SMILES string of the molecule is C[C@@H](Cc1ccccc1)N(C=O)C=O. The molecular weight excluding hydrogens is 178 g/mol. The van der Waals surface area contributed by atoms with Crippen molar-refractivity contribution in [3.63, 3.8) is 0 Å². The van der Waals surface area contributed by atoms with E-state index in [4.69, 9.17) is 0 Å². The molecule has 0 aliphatic rings. The minimum atomic E-state index is -0.0904. The molecule has 74 valence electrons. The summed E-state index contributed by atoms with van der Waals surface area (Å²) in [7, 11) is 0. The van der Waals surface area contributed by atoms with E-state index in [0.29, 0.717) is 19.2 Å². The molecule has 0 radical (unpaired) electrons. The Kier molecular flexibility index (Phi) is 3.85. The first kappa shape index (κ1) is 10.4. The fourth-order valence-electron chi connectivity index (χ4n) is 1.29. The normalized spacial score (nSPS) is 11.8. The number of hydrogen-bond acceptors (Lipinski definition) is 2. The lowest BCUT2D eigenvalue weighted by atomic mass is 10.1. The molecule has 0 aliphatic heterocycles. The summed E-state index contributed by atoms with van der Waals surface area (Å²) in [4.78, 5) is 22.1. The molecule has 1 aromatic carbocycles. The van der Waals surface area contributed by atoms with Crippen LogP contribution in [0.4, 0.5) is 0 Å². The van der Waals surface area contributed by atoms with E-state index < -0.39 is 0 Å². The topological polar surface area (TPSA) is 37.4 Å². The fourth-order valence-corrected chi connectivity index (χ4v) is 1.29. The Morgan fingerprint density at radius 3 is 2.29 bits per heavy atom. The molecule has 1 atom stereocenters. The van der Waals surface area contributed by atoms with Crippen molar-refractivity contribution in [1.29, 1.82) is 0 Å². The van der Waals surface area contributed by atoms with Gasteiger partial charge < -0.3 is 0 Å². The average Bonchev–Trinajstić information content (AvgIpc) is 2.21. The summed E-state index contributed by atoms with van der Waals surface area (Å²) >= 11 is 0. The van der Waals surface area contributed by atoms with E-state index in [1.54, 1.807) is 0 Å². The molecule has 0 N–H and O–H groups in total. The van der Waals surface area contributed by atoms with E-state index in [-0.39, 0.29) is 6.04 Å². The number of amides is 2. The zero-order chi connectivity index (χ0) is 10.4. The number of imide groups is 1. The smallest absolute Gasteiger partial charge is 0.216 e. The molecule has 0 saturated carbocycles. The number of nitrogens with zero attached hydrogens (tertiary/aromatic N) is 1. The van der Waals surface area contributed by atoms with E-state index in [2.05, 4.69) is 0 Å². The van der Waals surface area contributed by atoms with E-state index in [0.717, 1.165) is 10.5 Å². The van der Waals surface area contributed by atoms with Crippen molar-refractivity contribution in [2.24, 2.45) is 0 Å². The number of rotatable bonds is 5. The summed E-state index contributed by atoms with van der Waals surface area (Å²) in [6.07, 6.45) is 1.81. The molecule has 0 heterocycles. The van der Waals surface area contributed by atoms with Gasteiger partial charge in [-0.3, -0.25) is 14.5 Å². The molecule has 1 rings (SSSR count). The van der Waals surface area contributed by atoms with Gasteiger partial charge in [-0.1, -0.05) is 30.3 Å². The minimum absolute atomic E-state index is 0.0904. The summed E-state index contributed by atoms with van der Waals surface area (Å²) in [5, 5.41) is 0. The van der Waals surface area contributed by atoms with Crippen LogP contribution >= 0.6 is 0 Å². The van der Waals surface area contributed by atoms with Crippen LogP contribution in [0.5, 0.6) is 0 Å². The molecule has 2 amide bonds. The number of hydrogen-bond donors (Lipinski definition) is 0. The van der Waals surface area contributed by atoms with Gasteiger partial charge in [0, 0.05) is 6.04 Å². The molecule has 3 heteroatoms. The zero-order valence-electron chi connectivity index (χ0n) is 8.09. The maximum Gasteiger partial charge on any atom is 0.216 e. The molecule has 0 bridgehead atoms. The Morgan fingerprint density at radius 2 is 1.79 bits per heavy atom. The average molecular weight is 191 g/mol. The summed E-state index contributed by atoms with van der Waals surface area (Å²) in [5.74, 6) is 0. The van der Waals surface area contributed by atoms with Crippen LogP contribution in [0.1, 0.15) is 12.5 Å². The maximum absolute atomic E-state index is 10.5. The van der Waals surface area contributed by atoms with Crippen molar-refractivity contribution < 1.29 is 9.59 Å². The lowest BCUT2D eigenvalue weighted by molar-refractivity contribution is -0.131. The molecule has 0 aliphatic carbocycles. The van der Waals surface area contributed by atoms with Crippen molar-refractivity contribution in [3.8, 4) is 0 Å². The zero-order valence-corrected chi connectivity index (χ0v) is 8.09. The van der Waals surface area contributed by atoms with Crippen LogP contribution in [0.15, 0.2) is 30.3 Å². The number of carbonyl (C=O) groups is 2. The Hall–Kier alpha value is -1.64. The molecule has 0 unspecified atom stereocenters. The van der Waals surface area contributed by atoms with Gasteiger partial charge in [-0.2, -0.15) is 0 Å². The molecular formula is C11H13NO2. The van der Waals surface area contributed by atoms with Gasteiger partial charge in [-0.25, -0.2) is 0 Å². The van der Waals surface area contributed by atoms with Crippen molar-refractivity contribution >= 4 is 12.8 Å². The predicted octanol–water partition coefficient (Wildman–Crippen LogP) is 1.23. The summed E-state index contributed by atoms with van der Waals surface area (Å²) < 4.78 is 0. The third-order valence-corrected chi connectivity index (χ3v) is 2.13. The van der Waals surface area contributed by atoms with E-state index in [1.807, 2.05) is 37.3 Å². The summed E-state index contributed by atoms with van der Waals surface area (Å²) in [5.41, 5.74) is 1.12. The second-order valence-corrected chi connectivity index (χ2v) is 3.20. The van der Waals surface area contributed by atoms with Crippen LogP contribution in [-0.4, -0.2) is 23.8 Å². The van der Waals surface area contributed by atoms with Crippen molar-refractivity contribution in [2.75, 3.05) is 0 Å². The Balaban J connectivity index is 2.60. The van der Waals surface area contributed by atoms with Crippen LogP contribution in [0.3, 0.4) is 0 Å². The van der Waals surface area contributed by atoms with Gasteiger partial charge >= 0.3 is 0 Å². The number of carbonyl (C=O) groups excluding carboxylic acids is 2. The van der Waals surface area contributed by atoms with Gasteiger partial charge in [0.25, 0.3) is 0 Å². The van der Waals surface area contributed by atoms with Gasteiger partial charge in [0.2, 0.25) is 12.8 Å². The van der Waals surface area contributed by atoms with Crippen LogP contribution in [0, 0.1) is 0 Å². The Labute approximate surface area is 83.3 Å². The molecule has 14 heavy (non-hydrogen) atoms. The molecule has 0 saturated heterocycles. The highest BCUT2D eigenvalue weighted by molar-refractivity contribution is 5.69. The minimum Gasteiger partial charge on any atom is -0.285 e. The third kappa shape index (κ3) is 2.69. The first-order chi connectivity index (χ1) is 6.77. The standard InChI is InChI=1S/C11H13NO2/c1-10(12(8-13)9-14)7-11-5-3-2-4-6-11/h2-6,8-10H,7H2,1H3/t10-/m0/s1. The first-order valence-corrected chi connectivity index (χ1v) is 4.50. The second-order valence-electron chi connectivity index (χ2n) is 3.20. The van der Waals surface area contributed by atoms with Gasteiger partial charge in [0.05, 0.1) is 0 Å². The van der Waals surface area contributed by atoms with Gasteiger partial charge in [-0.05, 0) is 18.9 Å². The van der Waals surface area contributed by atoms with Crippen molar-refractivity contribution in [1.82, 2.24) is 4.90 Å². The van der Waals surface area contributed by atoms with Crippen LogP contribution in [-0.2, 0) is 16.0 Å². The van der Waals surface area contributed by atoms with Gasteiger partial charge in [-0.15, -0.1) is 0 Å². The third-order valence-electron chi connectivity index (χ3n) is 2.13.